The molecule has 0 amide bonds. The molecule has 3 atom stereocenters. The van der Waals surface area contributed by atoms with Gasteiger partial charge in [0.05, 0.1) is 25.9 Å². The van der Waals surface area contributed by atoms with E-state index >= 15 is 0 Å². The van der Waals surface area contributed by atoms with E-state index in [1.807, 2.05) is 0 Å². The van der Waals surface area contributed by atoms with Crippen molar-refractivity contribution < 1.29 is 14.6 Å². The van der Waals surface area contributed by atoms with Crippen LogP contribution in [0.3, 0.4) is 0 Å². The van der Waals surface area contributed by atoms with E-state index in [0.29, 0.717) is 38.3 Å². The first-order valence-electron chi connectivity index (χ1n) is 6.84. The van der Waals surface area contributed by atoms with Gasteiger partial charge in [0.25, 0.3) is 0 Å². The van der Waals surface area contributed by atoms with Gasteiger partial charge in [0.2, 0.25) is 0 Å². The van der Waals surface area contributed by atoms with Gasteiger partial charge in [-0.2, -0.15) is 0 Å². The summed E-state index contributed by atoms with van der Waals surface area (Å²) in [5.41, 5.74) is 5.78. The monoisotopic (exact) mass is 260 g/mol. The Labute approximate surface area is 110 Å². The van der Waals surface area contributed by atoms with E-state index in [9.17, 15) is 5.11 Å². The third kappa shape index (κ3) is 5.20. The summed E-state index contributed by atoms with van der Waals surface area (Å²) in [4.78, 5) is 2.23. The summed E-state index contributed by atoms with van der Waals surface area (Å²) >= 11 is 0. The van der Waals surface area contributed by atoms with Crippen molar-refractivity contribution in [1.29, 1.82) is 0 Å². The summed E-state index contributed by atoms with van der Waals surface area (Å²) in [7, 11) is 3.71. The van der Waals surface area contributed by atoms with Gasteiger partial charge in [-0.1, -0.05) is 6.42 Å². The minimum Gasteiger partial charge on any atom is -0.389 e. The molecule has 1 aliphatic rings. The summed E-state index contributed by atoms with van der Waals surface area (Å²) in [5, 5.41) is 9.90. The zero-order chi connectivity index (χ0) is 13.4. The molecular weight excluding hydrogens is 232 g/mol. The van der Waals surface area contributed by atoms with Gasteiger partial charge in [-0.15, -0.1) is 0 Å². The van der Waals surface area contributed by atoms with Crippen LogP contribution in [0, 0.1) is 5.92 Å². The summed E-state index contributed by atoms with van der Waals surface area (Å²) in [6.07, 6.45) is 3.21. The van der Waals surface area contributed by atoms with E-state index in [-0.39, 0.29) is 0 Å². The number of hydrogen-bond donors (Lipinski definition) is 2. The molecule has 5 nitrogen and oxygen atoms in total. The second-order valence-electron chi connectivity index (χ2n) is 5.16. The number of likely N-dealkylation sites (N-methyl/N-ethyl adjacent to an activating group) is 1. The molecule has 0 radical (unpaired) electrons. The third-order valence-electron chi connectivity index (χ3n) is 3.73. The Bertz CT molecular complexity index is 216. The smallest absolute Gasteiger partial charge is 0.0900 e. The Hall–Kier alpha value is -0.200. The van der Waals surface area contributed by atoms with Crippen molar-refractivity contribution in [3.8, 4) is 0 Å². The van der Waals surface area contributed by atoms with Crippen molar-refractivity contribution in [3.63, 3.8) is 0 Å². The van der Waals surface area contributed by atoms with E-state index in [1.54, 1.807) is 7.11 Å². The lowest BCUT2D eigenvalue weighted by Gasteiger charge is -2.30. The minimum absolute atomic E-state index is 0.369. The van der Waals surface area contributed by atoms with Crippen molar-refractivity contribution in [2.24, 2.45) is 11.7 Å². The van der Waals surface area contributed by atoms with Crippen LogP contribution in [-0.2, 0) is 9.47 Å². The molecule has 0 bridgehead atoms. The SMILES string of the molecule is COCCOCC(O)CN(C)C1CCCC1CN. The molecule has 18 heavy (non-hydrogen) atoms. The highest BCUT2D eigenvalue weighted by Gasteiger charge is 2.29. The molecule has 3 unspecified atom stereocenters. The number of nitrogens with zero attached hydrogens (tertiary/aromatic N) is 1. The minimum atomic E-state index is -0.439. The van der Waals surface area contributed by atoms with Gasteiger partial charge in [0, 0.05) is 19.7 Å². The lowest BCUT2D eigenvalue weighted by atomic mass is 10.0. The van der Waals surface area contributed by atoms with Crippen LogP contribution in [0.1, 0.15) is 19.3 Å². The average Bonchev–Trinajstić information content (AvgIpc) is 2.83. The van der Waals surface area contributed by atoms with E-state index in [4.69, 9.17) is 15.2 Å². The van der Waals surface area contributed by atoms with Gasteiger partial charge in [0.1, 0.15) is 0 Å². The van der Waals surface area contributed by atoms with Crippen LogP contribution in [0.2, 0.25) is 0 Å². The number of hydrogen-bond acceptors (Lipinski definition) is 5. The van der Waals surface area contributed by atoms with E-state index < -0.39 is 6.10 Å². The summed E-state index contributed by atoms with van der Waals surface area (Å²) in [5.74, 6) is 0.580. The van der Waals surface area contributed by atoms with Crippen LogP contribution >= 0.6 is 0 Å². The van der Waals surface area contributed by atoms with Crippen molar-refractivity contribution in [2.75, 3.05) is 47.1 Å². The predicted molar refractivity (Wildman–Crippen MR) is 71.5 cm³/mol. The zero-order valence-corrected chi connectivity index (χ0v) is 11.7. The first-order chi connectivity index (χ1) is 8.69. The number of methoxy groups -OCH3 is 1. The highest BCUT2D eigenvalue weighted by Crippen LogP contribution is 2.28. The lowest BCUT2D eigenvalue weighted by molar-refractivity contribution is -0.00421. The molecule has 1 aliphatic carbocycles. The Kier molecular flexibility index (Phi) is 7.77. The van der Waals surface area contributed by atoms with Crippen LogP contribution < -0.4 is 5.73 Å². The molecule has 1 rings (SSSR count). The summed E-state index contributed by atoms with van der Waals surface area (Å²) in [6, 6.07) is 0.517. The maximum absolute atomic E-state index is 9.90. The number of rotatable bonds is 9. The standard InChI is InChI=1S/C13H28N2O3/c1-15(13-5-3-4-11(13)8-14)9-12(16)10-18-7-6-17-2/h11-13,16H,3-10,14H2,1-2H3. The van der Waals surface area contributed by atoms with Crippen LogP contribution in [0.15, 0.2) is 0 Å². The van der Waals surface area contributed by atoms with Gasteiger partial charge < -0.3 is 25.2 Å². The molecule has 1 fully saturated rings. The first-order valence-corrected chi connectivity index (χ1v) is 6.84. The average molecular weight is 260 g/mol. The Morgan fingerprint density at radius 1 is 1.39 bits per heavy atom. The highest BCUT2D eigenvalue weighted by molar-refractivity contribution is 4.85. The van der Waals surface area contributed by atoms with Crippen molar-refractivity contribution >= 4 is 0 Å². The van der Waals surface area contributed by atoms with Crippen LogP contribution in [-0.4, -0.2) is 69.2 Å². The number of nitrogens with two attached hydrogens (primary N) is 1. The second kappa shape index (κ2) is 8.82. The molecule has 0 spiro atoms. The maximum Gasteiger partial charge on any atom is 0.0900 e. The van der Waals surface area contributed by atoms with Crippen LogP contribution in [0.5, 0.6) is 0 Å². The van der Waals surface area contributed by atoms with Crippen molar-refractivity contribution in [3.05, 3.63) is 0 Å². The predicted octanol–water partition coefficient (Wildman–Crippen LogP) is 0.0695. The molecule has 3 N–H and O–H groups in total. The molecule has 0 aromatic carbocycles. The topological polar surface area (TPSA) is 68.0 Å². The number of ether oxygens (including phenoxy) is 2. The summed E-state index contributed by atoms with van der Waals surface area (Å²) in [6.45, 7) is 2.86. The van der Waals surface area contributed by atoms with Crippen molar-refractivity contribution in [1.82, 2.24) is 4.90 Å². The zero-order valence-electron chi connectivity index (χ0n) is 11.7. The molecule has 108 valence electrons. The van der Waals surface area contributed by atoms with Gasteiger partial charge >= 0.3 is 0 Å². The van der Waals surface area contributed by atoms with Gasteiger partial charge in [-0.3, -0.25) is 0 Å². The third-order valence-corrected chi connectivity index (χ3v) is 3.73. The molecule has 0 aromatic heterocycles. The molecule has 0 heterocycles. The second-order valence-corrected chi connectivity index (χ2v) is 5.16. The Balaban J connectivity index is 2.19. The van der Waals surface area contributed by atoms with Gasteiger partial charge in [-0.25, -0.2) is 0 Å². The molecule has 0 aromatic rings. The molecule has 0 saturated heterocycles. The normalized spacial score (nSPS) is 25.8. The van der Waals surface area contributed by atoms with Crippen LogP contribution in [0.25, 0.3) is 0 Å². The van der Waals surface area contributed by atoms with Gasteiger partial charge in [-0.05, 0) is 32.4 Å². The molecule has 0 aliphatic heterocycles. The lowest BCUT2D eigenvalue weighted by Crippen LogP contribution is -2.42. The highest BCUT2D eigenvalue weighted by atomic mass is 16.5. The maximum atomic E-state index is 9.90. The number of aliphatic hydroxyl groups is 1. The fourth-order valence-electron chi connectivity index (χ4n) is 2.75. The summed E-state index contributed by atoms with van der Waals surface area (Å²) < 4.78 is 10.2. The Morgan fingerprint density at radius 2 is 2.17 bits per heavy atom. The molecule has 5 heteroatoms. The molecule has 1 saturated carbocycles. The molecular formula is C13H28N2O3. The largest absolute Gasteiger partial charge is 0.389 e. The quantitative estimate of drug-likeness (QED) is 0.574. The fourth-order valence-corrected chi connectivity index (χ4v) is 2.75. The van der Waals surface area contributed by atoms with Crippen molar-refractivity contribution in [2.45, 2.75) is 31.4 Å². The van der Waals surface area contributed by atoms with Gasteiger partial charge in [0.15, 0.2) is 0 Å². The fraction of sp³-hybridized carbons (Fsp3) is 1.00. The van der Waals surface area contributed by atoms with Crippen LogP contribution in [0.4, 0.5) is 0 Å². The number of aliphatic hydroxyl groups excluding tert-OH is 1. The van der Waals surface area contributed by atoms with E-state index in [0.717, 1.165) is 6.54 Å². The Morgan fingerprint density at radius 3 is 2.83 bits per heavy atom. The van der Waals surface area contributed by atoms with E-state index in [1.165, 1.54) is 19.3 Å². The van der Waals surface area contributed by atoms with E-state index in [2.05, 4.69) is 11.9 Å². The first kappa shape index (κ1) is 15.9.